The summed E-state index contributed by atoms with van der Waals surface area (Å²) < 4.78 is 13.3. The van der Waals surface area contributed by atoms with Crippen molar-refractivity contribution in [3.05, 3.63) is 0 Å². The Kier molecular flexibility index (Phi) is 21.7. The van der Waals surface area contributed by atoms with Crippen LogP contribution in [-0.4, -0.2) is 69.9 Å². The van der Waals surface area contributed by atoms with E-state index in [9.17, 15) is 19.8 Å². The van der Waals surface area contributed by atoms with Gasteiger partial charge in [0.15, 0.2) is 0 Å². The smallest absolute Gasteiger partial charge is 0.548 e. The first-order chi connectivity index (χ1) is 7.04. The zero-order chi connectivity index (χ0) is 12.1. The molecule has 0 heterocycles. The fourth-order valence-corrected chi connectivity index (χ4v) is 0.416. The van der Waals surface area contributed by atoms with Crippen LogP contribution in [0.15, 0.2) is 0 Å². The Morgan fingerprint density at radius 1 is 0.938 bits per heavy atom. The predicted octanol–water partition coefficient (Wildman–Crippen LogP) is -3.60. The third kappa shape index (κ3) is 29.2. The van der Waals surface area contributed by atoms with Gasteiger partial charge < -0.3 is 34.0 Å². The minimum Gasteiger partial charge on any atom is -0.548 e. The molecule has 0 aliphatic rings. The summed E-state index contributed by atoms with van der Waals surface area (Å²) in [6.07, 6.45) is 0. The predicted molar refractivity (Wildman–Crippen MR) is 50.3 cm³/mol. The van der Waals surface area contributed by atoms with Crippen molar-refractivity contribution < 1.29 is 34.0 Å². The van der Waals surface area contributed by atoms with E-state index in [1.807, 2.05) is 0 Å². The number of hydrogen-bond acceptors (Lipinski definition) is 7. The second-order valence-electron chi connectivity index (χ2n) is 2.22. The fourth-order valence-electron chi connectivity index (χ4n) is 0.416. The standard InChI is InChI=1S/C5H10O4.C3H6O3.Al/c1-8-2-3-9-4-5(6)7;1-6-2-3(4)5;/h2-4H2,1H3,(H,6,7);2H2,1H3,(H,4,5);/q;;+3/p-2. The summed E-state index contributed by atoms with van der Waals surface area (Å²) in [5.41, 5.74) is 0. The molecule has 0 aromatic carbocycles. The molecule has 0 radical (unpaired) electrons. The molecule has 7 nitrogen and oxygen atoms in total. The van der Waals surface area contributed by atoms with Gasteiger partial charge in [-0.2, -0.15) is 0 Å². The molecule has 0 amide bonds. The van der Waals surface area contributed by atoms with E-state index in [1.54, 1.807) is 0 Å². The van der Waals surface area contributed by atoms with Crippen LogP contribution in [0.5, 0.6) is 0 Å². The Labute approximate surface area is 104 Å². The Balaban J connectivity index is -0.000000214. The van der Waals surface area contributed by atoms with Crippen molar-refractivity contribution in [1.29, 1.82) is 0 Å². The molecule has 0 saturated heterocycles. The van der Waals surface area contributed by atoms with E-state index in [0.717, 1.165) is 0 Å². The van der Waals surface area contributed by atoms with Crippen molar-refractivity contribution in [3.8, 4) is 0 Å². The molecule has 0 fully saturated rings. The molecule has 0 rings (SSSR count). The van der Waals surface area contributed by atoms with Gasteiger partial charge in [0.05, 0.1) is 38.4 Å². The van der Waals surface area contributed by atoms with Gasteiger partial charge in [-0.1, -0.05) is 0 Å². The van der Waals surface area contributed by atoms with Gasteiger partial charge in [0.2, 0.25) is 0 Å². The van der Waals surface area contributed by atoms with Crippen molar-refractivity contribution in [2.45, 2.75) is 0 Å². The second kappa shape index (κ2) is 16.8. The maximum atomic E-state index is 9.69. The van der Waals surface area contributed by atoms with E-state index in [4.69, 9.17) is 0 Å². The van der Waals surface area contributed by atoms with Crippen LogP contribution in [0, 0.1) is 0 Å². The molecule has 0 aliphatic carbocycles. The zero-order valence-electron chi connectivity index (χ0n) is 9.26. The van der Waals surface area contributed by atoms with Crippen LogP contribution in [0.3, 0.4) is 0 Å². The summed E-state index contributed by atoms with van der Waals surface area (Å²) in [4.78, 5) is 19.0. The maximum Gasteiger partial charge on any atom is 3.00 e. The van der Waals surface area contributed by atoms with E-state index < -0.39 is 11.9 Å². The molecule has 8 heteroatoms. The summed E-state index contributed by atoms with van der Waals surface area (Å²) in [6, 6.07) is 0. The van der Waals surface area contributed by atoms with E-state index in [-0.39, 0.29) is 30.6 Å². The van der Waals surface area contributed by atoms with Crippen molar-refractivity contribution in [2.75, 3.05) is 40.6 Å². The number of methoxy groups -OCH3 is 2. The number of carbonyl (C=O) groups is 2. The zero-order valence-corrected chi connectivity index (χ0v) is 10.4. The molecule has 0 saturated carbocycles. The van der Waals surface area contributed by atoms with Crippen LogP contribution >= 0.6 is 0 Å². The molecule has 16 heavy (non-hydrogen) atoms. The molecule has 0 aliphatic heterocycles. The molecular weight excluding hydrogens is 235 g/mol. The van der Waals surface area contributed by atoms with Gasteiger partial charge in [-0.15, -0.1) is 0 Å². The summed E-state index contributed by atoms with van der Waals surface area (Å²) in [7, 11) is 2.82. The average molecular weight is 249 g/mol. The summed E-state index contributed by atoms with van der Waals surface area (Å²) >= 11 is 0. The molecule has 0 atom stereocenters. The molecule has 0 aromatic heterocycles. The van der Waals surface area contributed by atoms with E-state index in [2.05, 4.69) is 14.2 Å². The number of aliphatic carboxylic acids is 2. The first kappa shape index (κ1) is 20.7. The first-order valence-corrected chi connectivity index (χ1v) is 3.99. The minimum absolute atomic E-state index is 0. The van der Waals surface area contributed by atoms with Crippen LogP contribution < -0.4 is 10.2 Å². The summed E-state index contributed by atoms with van der Waals surface area (Å²) in [5.74, 6) is -2.39. The first-order valence-electron chi connectivity index (χ1n) is 3.99. The van der Waals surface area contributed by atoms with Crippen LogP contribution in [0.4, 0.5) is 0 Å². The van der Waals surface area contributed by atoms with Crippen LogP contribution in [0.25, 0.3) is 0 Å². The number of carbonyl (C=O) groups excluding carboxylic acids is 2. The Bertz CT molecular complexity index is 174. The molecular formula is C8H14AlO7+. The van der Waals surface area contributed by atoms with Gasteiger partial charge in [-0.3, -0.25) is 0 Å². The third-order valence-corrected chi connectivity index (χ3v) is 0.914. The quantitative estimate of drug-likeness (QED) is 0.339. The van der Waals surface area contributed by atoms with E-state index >= 15 is 0 Å². The summed E-state index contributed by atoms with van der Waals surface area (Å²) in [6.45, 7) is 0.0289. The number of hydrogen-bond donors (Lipinski definition) is 0. The van der Waals surface area contributed by atoms with Crippen molar-refractivity contribution in [2.24, 2.45) is 0 Å². The average Bonchev–Trinajstić information content (AvgIpc) is 2.13. The van der Waals surface area contributed by atoms with Gasteiger partial charge in [0, 0.05) is 14.2 Å². The number of carboxylic acids is 2. The fraction of sp³-hybridized carbons (Fsp3) is 0.750. The number of carboxylic acid groups (broad SMARTS) is 2. The van der Waals surface area contributed by atoms with Gasteiger partial charge in [0.25, 0.3) is 0 Å². The van der Waals surface area contributed by atoms with Crippen molar-refractivity contribution in [3.63, 3.8) is 0 Å². The van der Waals surface area contributed by atoms with Crippen molar-refractivity contribution >= 4 is 29.3 Å². The van der Waals surface area contributed by atoms with Crippen LogP contribution in [0.2, 0.25) is 0 Å². The van der Waals surface area contributed by atoms with Crippen LogP contribution in [-0.2, 0) is 23.8 Å². The van der Waals surface area contributed by atoms with E-state index in [1.165, 1.54) is 14.2 Å². The Morgan fingerprint density at radius 2 is 1.44 bits per heavy atom. The number of ether oxygens (including phenoxy) is 3. The summed E-state index contributed by atoms with van der Waals surface area (Å²) in [5, 5.41) is 19.0. The van der Waals surface area contributed by atoms with Gasteiger partial charge in [-0.25, -0.2) is 0 Å². The van der Waals surface area contributed by atoms with E-state index in [0.29, 0.717) is 13.2 Å². The molecule has 0 spiro atoms. The second-order valence-corrected chi connectivity index (χ2v) is 2.22. The van der Waals surface area contributed by atoms with Gasteiger partial charge in [0.1, 0.15) is 0 Å². The number of rotatable bonds is 7. The topological polar surface area (TPSA) is 108 Å². The Morgan fingerprint density at radius 3 is 1.69 bits per heavy atom. The monoisotopic (exact) mass is 249 g/mol. The Hall–Kier alpha value is -0.648. The third-order valence-electron chi connectivity index (χ3n) is 0.914. The van der Waals surface area contributed by atoms with Gasteiger partial charge >= 0.3 is 17.4 Å². The SMILES string of the molecule is COCC(=O)[O-].COCCOCC(=O)[O-].[Al+3]. The molecule has 0 bridgehead atoms. The van der Waals surface area contributed by atoms with Crippen molar-refractivity contribution in [1.82, 2.24) is 0 Å². The molecule has 90 valence electrons. The van der Waals surface area contributed by atoms with Gasteiger partial charge in [-0.05, 0) is 0 Å². The maximum absolute atomic E-state index is 9.69. The van der Waals surface area contributed by atoms with Crippen LogP contribution in [0.1, 0.15) is 0 Å². The minimum atomic E-state index is -1.20. The normalized spacial score (nSPS) is 8.38. The molecule has 0 aromatic rings. The molecule has 0 unspecified atom stereocenters. The molecule has 0 N–H and O–H groups in total. The largest absolute Gasteiger partial charge is 3.00 e.